The van der Waals surface area contributed by atoms with Crippen LogP contribution in [0.1, 0.15) is 37.3 Å². The molecule has 0 aliphatic heterocycles. The summed E-state index contributed by atoms with van der Waals surface area (Å²) >= 11 is 0. The zero-order valence-corrected chi connectivity index (χ0v) is 23.4. The average molecular weight is 571 g/mol. The van der Waals surface area contributed by atoms with E-state index in [1.807, 2.05) is 58.2 Å². The minimum Gasteiger partial charge on any atom is -0.329 e. The number of rotatable bonds is 6. The molecule has 0 aliphatic rings. The quantitative estimate of drug-likeness (QED) is 0.205. The fourth-order valence-electron chi connectivity index (χ4n) is 4.23. The minimum atomic E-state index is -0.230. The summed E-state index contributed by atoms with van der Waals surface area (Å²) < 4.78 is 29.8. The van der Waals surface area contributed by atoms with Crippen molar-refractivity contribution in [3.63, 3.8) is 0 Å². The van der Waals surface area contributed by atoms with Gasteiger partial charge >= 0.3 is 0 Å². The minimum absolute atomic E-state index is 0. The second-order valence-electron chi connectivity index (χ2n) is 9.33. The molecule has 0 fully saturated rings. The lowest BCUT2D eigenvalue weighted by molar-refractivity contribution is 0.620. The van der Waals surface area contributed by atoms with Crippen molar-refractivity contribution < 1.29 is 8.78 Å². The first kappa shape index (κ1) is 29.3. The van der Waals surface area contributed by atoms with Crippen LogP contribution in [0.25, 0.3) is 22.3 Å². The first-order valence-electron chi connectivity index (χ1n) is 12.9. The highest BCUT2D eigenvalue weighted by molar-refractivity contribution is 5.85. The van der Waals surface area contributed by atoms with Gasteiger partial charge in [-0.2, -0.15) is 0 Å². The van der Waals surface area contributed by atoms with Gasteiger partial charge in [-0.05, 0) is 61.4 Å². The molecule has 0 N–H and O–H groups in total. The normalized spacial score (nSPS) is 12.0. The molecule has 4 aromatic heterocycles. The molecule has 6 rings (SSSR count). The molecule has 0 bridgehead atoms. The van der Waals surface area contributed by atoms with Crippen molar-refractivity contribution in [2.24, 2.45) is 0 Å². The molecular formula is C32H29ClF2N6. The van der Waals surface area contributed by atoms with Crippen molar-refractivity contribution in [3.8, 4) is 22.3 Å². The lowest BCUT2D eigenvalue weighted by atomic mass is 10.1. The Balaban J connectivity index is 0.000000184. The Morgan fingerprint density at radius 2 is 0.902 bits per heavy atom. The number of benzene rings is 2. The van der Waals surface area contributed by atoms with E-state index in [1.54, 1.807) is 49.3 Å². The summed E-state index contributed by atoms with van der Waals surface area (Å²) in [7, 11) is 0. The predicted octanol–water partition coefficient (Wildman–Crippen LogP) is 7.81. The maximum absolute atomic E-state index is 12.9. The Kier molecular flexibility index (Phi) is 9.71. The van der Waals surface area contributed by atoms with Crippen LogP contribution in [0.3, 0.4) is 0 Å². The highest BCUT2D eigenvalue weighted by atomic mass is 35.5. The van der Waals surface area contributed by atoms with Crippen LogP contribution >= 0.6 is 12.4 Å². The second kappa shape index (κ2) is 13.6. The van der Waals surface area contributed by atoms with E-state index in [-0.39, 0.29) is 36.1 Å². The Hall–Kier alpha value is -4.69. The lowest BCUT2D eigenvalue weighted by Crippen LogP contribution is -2.06. The summed E-state index contributed by atoms with van der Waals surface area (Å²) in [5.74, 6) is -0.459. The van der Waals surface area contributed by atoms with Crippen LogP contribution in [0.5, 0.6) is 0 Å². The first-order valence-corrected chi connectivity index (χ1v) is 12.9. The number of hydrogen-bond acceptors (Lipinski definition) is 4. The van der Waals surface area contributed by atoms with Crippen molar-refractivity contribution in [2.75, 3.05) is 0 Å². The van der Waals surface area contributed by atoms with Crippen molar-refractivity contribution in [3.05, 3.63) is 146 Å². The molecule has 41 heavy (non-hydrogen) atoms. The molecule has 6 nitrogen and oxygen atoms in total. The summed E-state index contributed by atoms with van der Waals surface area (Å²) in [6.45, 7) is 4.14. The topological polar surface area (TPSA) is 61.4 Å². The van der Waals surface area contributed by atoms with E-state index in [4.69, 9.17) is 0 Å². The molecule has 208 valence electrons. The lowest BCUT2D eigenvalue weighted by Gasteiger charge is -2.12. The van der Waals surface area contributed by atoms with Gasteiger partial charge in [0.25, 0.3) is 0 Å². The molecule has 0 amide bonds. The van der Waals surface area contributed by atoms with Gasteiger partial charge in [0.05, 0.1) is 36.1 Å². The van der Waals surface area contributed by atoms with Crippen LogP contribution < -0.4 is 0 Å². The largest absolute Gasteiger partial charge is 0.329 e. The predicted molar refractivity (Wildman–Crippen MR) is 159 cm³/mol. The Morgan fingerprint density at radius 1 is 0.537 bits per heavy atom. The Morgan fingerprint density at radius 3 is 1.20 bits per heavy atom. The summed E-state index contributed by atoms with van der Waals surface area (Å²) in [6.07, 6.45) is 14.5. The molecule has 0 saturated heterocycles. The summed E-state index contributed by atoms with van der Waals surface area (Å²) in [5, 5.41) is 0. The standard InChI is InChI=1S/2C16H14FN3.ClH/c2*1-12(20-9-8-18-11-20)16-7-4-14(10-19-16)13-2-5-15(17)6-3-13;/h2*2-12H,1H3;1H. The molecule has 2 atom stereocenters. The van der Waals surface area contributed by atoms with Crippen molar-refractivity contribution in [1.29, 1.82) is 0 Å². The van der Waals surface area contributed by atoms with Gasteiger partial charge in [0.15, 0.2) is 0 Å². The van der Waals surface area contributed by atoms with Crippen LogP contribution in [-0.2, 0) is 0 Å². The van der Waals surface area contributed by atoms with Crippen LogP contribution in [0.2, 0.25) is 0 Å². The highest BCUT2D eigenvalue weighted by Gasteiger charge is 2.10. The third-order valence-electron chi connectivity index (χ3n) is 6.73. The highest BCUT2D eigenvalue weighted by Crippen LogP contribution is 2.23. The number of aromatic nitrogens is 6. The Bertz CT molecular complexity index is 1480. The fraction of sp³-hybridized carbons (Fsp3) is 0.125. The fourth-order valence-corrected chi connectivity index (χ4v) is 4.23. The summed E-state index contributed by atoms with van der Waals surface area (Å²) in [4.78, 5) is 17.1. The first-order chi connectivity index (χ1) is 19.5. The molecular weight excluding hydrogens is 542 g/mol. The van der Waals surface area contributed by atoms with Gasteiger partial charge in [-0.25, -0.2) is 18.7 Å². The van der Waals surface area contributed by atoms with Gasteiger partial charge in [0, 0.05) is 48.3 Å². The van der Waals surface area contributed by atoms with E-state index in [0.717, 1.165) is 33.6 Å². The van der Waals surface area contributed by atoms with Crippen LogP contribution in [-0.4, -0.2) is 29.1 Å². The number of hydrogen-bond donors (Lipinski definition) is 0. The number of halogens is 3. The van der Waals surface area contributed by atoms with Gasteiger partial charge in [-0.1, -0.05) is 36.4 Å². The van der Waals surface area contributed by atoms with E-state index in [0.29, 0.717) is 0 Å². The summed E-state index contributed by atoms with van der Waals surface area (Å²) in [6, 6.07) is 21.1. The van der Waals surface area contributed by atoms with E-state index in [9.17, 15) is 8.78 Å². The molecule has 6 aromatic rings. The van der Waals surface area contributed by atoms with Crippen LogP contribution in [0.4, 0.5) is 8.78 Å². The van der Waals surface area contributed by atoms with E-state index < -0.39 is 0 Å². The third kappa shape index (κ3) is 7.29. The molecule has 0 spiro atoms. The van der Waals surface area contributed by atoms with Crippen LogP contribution in [0, 0.1) is 11.6 Å². The SMILES string of the molecule is CC(c1ccc(-c2ccc(F)cc2)cn1)n1ccnc1.CC(c1ccc(-c2ccc(F)cc2)cn1)n1ccnc1.Cl. The van der Waals surface area contributed by atoms with Gasteiger partial charge < -0.3 is 9.13 Å². The molecule has 0 aliphatic carbocycles. The Labute approximate surface area is 243 Å². The molecule has 0 saturated carbocycles. The molecule has 9 heteroatoms. The van der Waals surface area contributed by atoms with Crippen molar-refractivity contribution >= 4 is 12.4 Å². The molecule has 4 heterocycles. The molecule has 2 unspecified atom stereocenters. The smallest absolute Gasteiger partial charge is 0.123 e. The second-order valence-corrected chi connectivity index (χ2v) is 9.33. The molecule has 2 aromatic carbocycles. The maximum atomic E-state index is 12.9. The number of imidazole rings is 2. The number of pyridine rings is 2. The molecule has 0 radical (unpaired) electrons. The maximum Gasteiger partial charge on any atom is 0.123 e. The average Bonchev–Trinajstić information content (AvgIpc) is 3.74. The zero-order chi connectivity index (χ0) is 27.9. The van der Waals surface area contributed by atoms with Crippen molar-refractivity contribution in [2.45, 2.75) is 25.9 Å². The zero-order valence-electron chi connectivity index (χ0n) is 22.5. The van der Waals surface area contributed by atoms with E-state index in [1.165, 1.54) is 24.3 Å². The monoisotopic (exact) mass is 570 g/mol. The van der Waals surface area contributed by atoms with Gasteiger partial charge in [0.1, 0.15) is 11.6 Å². The van der Waals surface area contributed by atoms with E-state index in [2.05, 4.69) is 33.8 Å². The summed E-state index contributed by atoms with van der Waals surface area (Å²) in [5.41, 5.74) is 5.81. The van der Waals surface area contributed by atoms with Crippen LogP contribution in [0.15, 0.2) is 123 Å². The van der Waals surface area contributed by atoms with E-state index >= 15 is 0 Å². The van der Waals surface area contributed by atoms with Gasteiger partial charge in [-0.3, -0.25) is 9.97 Å². The third-order valence-corrected chi connectivity index (χ3v) is 6.73. The van der Waals surface area contributed by atoms with Crippen molar-refractivity contribution in [1.82, 2.24) is 29.1 Å². The number of nitrogens with zero attached hydrogens (tertiary/aromatic N) is 6. The van der Waals surface area contributed by atoms with Gasteiger partial charge in [-0.15, -0.1) is 12.4 Å². The van der Waals surface area contributed by atoms with Gasteiger partial charge in [0.2, 0.25) is 0 Å².